The Kier molecular flexibility index (Phi) is 5.66. The monoisotopic (exact) mass is 339 g/mol. The molecule has 1 aromatic rings. The zero-order valence-corrected chi connectivity index (χ0v) is 14.8. The Morgan fingerprint density at radius 2 is 2.18 bits per heavy atom. The molecule has 122 valence electrons. The Bertz CT molecular complexity index is 474. The lowest BCUT2D eigenvalue weighted by molar-refractivity contribution is 0.121. The average Bonchev–Trinajstić information content (AvgIpc) is 3.07. The van der Waals surface area contributed by atoms with Crippen LogP contribution in [0.4, 0.5) is 4.79 Å². The van der Waals surface area contributed by atoms with E-state index in [1.165, 1.54) is 17.7 Å². The lowest BCUT2D eigenvalue weighted by Gasteiger charge is -2.39. The number of thiophene rings is 1. The van der Waals surface area contributed by atoms with Crippen molar-refractivity contribution in [3.63, 3.8) is 0 Å². The maximum Gasteiger partial charge on any atom is 0.317 e. The van der Waals surface area contributed by atoms with Crippen molar-refractivity contribution in [2.45, 2.75) is 18.9 Å². The van der Waals surface area contributed by atoms with E-state index in [-0.39, 0.29) is 6.03 Å². The molecule has 2 aliphatic heterocycles. The van der Waals surface area contributed by atoms with Gasteiger partial charge in [0.2, 0.25) is 0 Å². The third-order valence-corrected chi connectivity index (χ3v) is 6.54. The van der Waals surface area contributed by atoms with Crippen LogP contribution in [0.3, 0.4) is 0 Å². The summed E-state index contributed by atoms with van der Waals surface area (Å²) in [4.78, 5) is 18.1. The van der Waals surface area contributed by atoms with Crippen LogP contribution in [0.2, 0.25) is 0 Å². The number of nitrogens with zero attached hydrogens (tertiary/aromatic N) is 2. The summed E-state index contributed by atoms with van der Waals surface area (Å²) in [5.74, 6) is 2.65. The minimum Gasteiger partial charge on any atom is -0.338 e. The molecule has 1 N–H and O–H groups in total. The molecule has 1 aromatic heterocycles. The molecule has 0 aromatic carbocycles. The predicted octanol–water partition coefficient (Wildman–Crippen LogP) is 2.89. The average molecular weight is 340 g/mol. The van der Waals surface area contributed by atoms with E-state index in [1.54, 1.807) is 0 Å². The Hall–Kier alpha value is -0.720. The first-order valence-electron chi connectivity index (χ1n) is 8.10. The van der Waals surface area contributed by atoms with Crippen LogP contribution in [0, 0.1) is 5.92 Å². The number of carbonyl (C=O) groups is 1. The highest BCUT2D eigenvalue weighted by molar-refractivity contribution is 7.99. The molecule has 0 radical (unpaired) electrons. The second-order valence-corrected chi connectivity index (χ2v) is 8.33. The maximum absolute atomic E-state index is 12.3. The summed E-state index contributed by atoms with van der Waals surface area (Å²) >= 11 is 3.77. The van der Waals surface area contributed by atoms with Crippen LogP contribution in [0.5, 0.6) is 0 Å². The van der Waals surface area contributed by atoms with Gasteiger partial charge in [-0.3, -0.25) is 4.90 Å². The quantitative estimate of drug-likeness (QED) is 0.920. The van der Waals surface area contributed by atoms with Gasteiger partial charge in [-0.05, 0) is 43.8 Å². The van der Waals surface area contributed by atoms with E-state index < -0.39 is 0 Å². The van der Waals surface area contributed by atoms with E-state index in [0.29, 0.717) is 12.0 Å². The number of piperidine rings is 1. The standard InChI is InChI=1S/C16H25N3OS2/c1-18-6-2-4-13(15(18)14-5-3-9-22-14)12-17-16(20)19-7-10-21-11-8-19/h3,5,9,13,15H,2,4,6-8,10-12H2,1H3,(H,17,20)/t13-,15+/m1/s1. The molecule has 2 atom stereocenters. The molecular weight excluding hydrogens is 314 g/mol. The largest absolute Gasteiger partial charge is 0.338 e. The fourth-order valence-corrected chi connectivity index (χ4v) is 5.37. The SMILES string of the molecule is CN1CCC[C@H](CNC(=O)N2CCSCC2)[C@H]1c1cccs1. The number of rotatable bonds is 3. The third-order valence-electron chi connectivity index (χ3n) is 4.66. The smallest absolute Gasteiger partial charge is 0.317 e. The van der Waals surface area contributed by atoms with Gasteiger partial charge < -0.3 is 10.2 Å². The molecule has 0 saturated carbocycles. The zero-order chi connectivity index (χ0) is 15.4. The van der Waals surface area contributed by atoms with Crippen molar-refractivity contribution in [3.05, 3.63) is 22.4 Å². The number of urea groups is 1. The van der Waals surface area contributed by atoms with Gasteiger partial charge in [-0.2, -0.15) is 11.8 Å². The summed E-state index contributed by atoms with van der Waals surface area (Å²) in [6.45, 7) is 3.70. The lowest BCUT2D eigenvalue weighted by atomic mass is 9.88. The van der Waals surface area contributed by atoms with Crippen LogP contribution in [-0.4, -0.2) is 60.6 Å². The van der Waals surface area contributed by atoms with Crippen LogP contribution >= 0.6 is 23.1 Å². The van der Waals surface area contributed by atoms with Gasteiger partial charge in [-0.15, -0.1) is 11.3 Å². The first kappa shape index (κ1) is 16.1. The Morgan fingerprint density at radius 1 is 1.36 bits per heavy atom. The lowest BCUT2D eigenvalue weighted by Crippen LogP contribution is -2.47. The molecule has 0 bridgehead atoms. The number of hydrogen-bond acceptors (Lipinski definition) is 4. The number of hydrogen-bond donors (Lipinski definition) is 1. The summed E-state index contributed by atoms with van der Waals surface area (Å²) < 4.78 is 0. The van der Waals surface area contributed by atoms with Crippen LogP contribution in [-0.2, 0) is 0 Å². The van der Waals surface area contributed by atoms with Crippen molar-refractivity contribution in [2.75, 3.05) is 44.7 Å². The summed E-state index contributed by atoms with van der Waals surface area (Å²) in [6, 6.07) is 4.93. The fraction of sp³-hybridized carbons (Fsp3) is 0.688. The minimum absolute atomic E-state index is 0.124. The molecule has 3 rings (SSSR count). The van der Waals surface area contributed by atoms with Crippen molar-refractivity contribution in [3.8, 4) is 0 Å². The topological polar surface area (TPSA) is 35.6 Å². The molecule has 6 heteroatoms. The highest BCUT2D eigenvalue weighted by Crippen LogP contribution is 2.36. The molecule has 0 aliphatic carbocycles. The molecule has 2 saturated heterocycles. The molecular formula is C16H25N3OS2. The molecule has 2 amide bonds. The van der Waals surface area contributed by atoms with Crippen LogP contribution in [0.25, 0.3) is 0 Å². The summed E-state index contributed by atoms with van der Waals surface area (Å²) in [5.41, 5.74) is 0. The first-order valence-corrected chi connectivity index (χ1v) is 10.1. The van der Waals surface area contributed by atoms with Gasteiger partial charge >= 0.3 is 6.03 Å². The van der Waals surface area contributed by atoms with Gasteiger partial charge in [0, 0.05) is 42.1 Å². The normalized spacial score (nSPS) is 26.9. The van der Waals surface area contributed by atoms with Gasteiger partial charge in [0.05, 0.1) is 0 Å². The molecule has 4 nitrogen and oxygen atoms in total. The van der Waals surface area contributed by atoms with Crippen molar-refractivity contribution < 1.29 is 4.79 Å². The number of nitrogens with one attached hydrogen (secondary N) is 1. The minimum atomic E-state index is 0.124. The predicted molar refractivity (Wildman–Crippen MR) is 94.7 cm³/mol. The summed E-state index contributed by atoms with van der Waals surface area (Å²) in [5, 5.41) is 5.34. The van der Waals surface area contributed by atoms with Crippen molar-refractivity contribution in [1.82, 2.24) is 15.1 Å². The van der Waals surface area contributed by atoms with E-state index in [2.05, 4.69) is 34.8 Å². The molecule has 2 aliphatic rings. The fourth-order valence-electron chi connectivity index (χ4n) is 3.48. The summed E-state index contributed by atoms with van der Waals surface area (Å²) in [7, 11) is 2.21. The van der Waals surface area contributed by atoms with Crippen molar-refractivity contribution in [2.24, 2.45) is 5.92 Å². The van der Waals surface area contributed by atoms with E-state index >= 15 is 0 Å². The number of thioether (sulfide) groups is 1. The van der Waals surface area contributed by atoms with E-state index in [9.17, 15) is 4.79 Å². The third kappa shape index (κ3) is 3.78. The van der Waals surface area contributed by atoms with Gasteiger partial charge in [0.1, 0.15) is 0 Å². The van der Waals surface area contributed by atoms with Crippen LogP contribution < -0.4 is 5.32 Å². The second kappa shape index (κ2) is 7.70. The Morgan fingerprint density at radius 3 is 2.91 bits per heavy atom. The zero-order valence-electron chi connectivity index (χ0n) is 13.2. The summed E-state index contributed by atoms with van der Waals surface area (Å²) in [6.07, 6.45) is 2.42. The molecule has 2 fully saturated rings. The number of amides is 2. The Labute approximate surface area is 141 Å². The van der Waals surface area contributed by atoms with Crippen LogP contribution in [0.1, 0.15) is 23.8 Å². The van der Waals surface area contributed by atoms with Gasteiger partial charge in [-0.1, -0.05) is 6.07 Å². The number of likely N-dealkylation sites (tertiary alicyclic amines) is 1. The van der Waals surface area contributed by atoms with Crippen molar-refractivity contribution >= 4 is 29.1 Å². The highest BCUT2D eigenvalue weighted by Gasteiger charge is 2.31. The van der Waals surface area contributed by atoms with E-state index in [4.69, 9.17) is 0 Å². The van der Waals surface area contributed by atoms with Crippen molar-refractivity contribution in [1.29, 1.82) is 0 Å². The van der Waals surface area contributed by atoms with Gasteiger partial charge in [0.25, 0.3) is 0 Å². The highest BCUT2D eigenvalue weighted by atomic mass is 32.2. The molecule has 3 heterocycles. The number of carbonyl (C=O) groups excluding carboxylic acids is 1. The van der Waals surface area contributed by atoms with E-state index in [1.807, 2.05) is 28.0 Å². The maximum atomic E-state index is 12.3. The molecule has 0 unspecified atom stereocenters. The molecule has 22 heavy (non-hydrogen) atoms. The van der Waals surface area contributed by atoms with Crippen LogP contribution in [0.15, 0.2) is 17.5 Å². The first-order chi connectivity index (χ1) is 10.8. The van der Waals surface area contributed by atoms with E-state index in [0.717, 1.165) is 37.7 Å². The van der Waals surface area contributed by atoms with Gasteiger partial charge in [-0.25, -0.2) is 4.79 Å². The second-order valence-electron chi connectivity index (χ2n) is 6.13. The Balaban J connectivity index is 1.58. The molecule has 0 spiro atoms. The van der Waals surface area contributed by atoms with Gasteiger partial charge in [0.15, 0.2) is 0 Å².